The molecular formula is C19H14LiN5O2. The number of nitrogen functional groups attached to an aromatic ring is 1. The second-order valence-corrected chi connectivity index (χ2v) is 5.77. The number of hydrogen-bond donors (Lipinski definition) is 1. The van der Waals surface area contributed by atoms with Crippen molar-refractivity contribution in [1.29, 1.82) is 0 Å². The van der Waals surface area contributed by atoms with E-state index in [4.69, 9.17) is 5.73 Å². The maximum Gasteiger partial charge on any atom is 1.00 e. The molecule has 8 heteroatoms. The van der Waals surface area contributed by atoms with Crippen LogP contribution < -0.4 is 29.7 Å². The molecule has 0 bridgehead atoms. The molecule has 0 aliphatic carbocycles. The van der Waals surface area contributed by atoms with E-state index in [2.05, 4.69) is 15.0 Å². The molecule has 0 unspecified atom stereocenters. The van der Waals surface area contributed by atoms with Gasteiger partial charge in [0.05, 0.1) is 5.56 Å². The third-order valence-corrected chi connectivity index (χ3v) is 4.04. The van der Waals surface area contributed by atoms with Crippen LogP contribution in [-0.2, 0) is 11.2 Å². The van der Waals surface area contributed by atoms with Crippen LogP contribution in [0, 0.1) is 0 Å². The number of pyridine rings is 2. The molecule has 0 spiro atoms. The van der Waals surface area contributed by atoms with Crippen LogP contribution in [0.5, 0.6) is 0 Å². The summed E-state index contributed by atoms with van der Waals surface area (Å²) in [5, 5.41) is 10.8. The van der Waals surface area contributed by atoms with Crippen LogP contribution in [-0.4, -0.2) is 25.5 Å². The number of imidazole rings is 1. The molecule has 0 aliphatic rings. The van der Waals surface area contributed by atoms with Gasteiger partial charge in [0.25, 0.3) is 0 Å². The third kappa shape index (κ3) is 3.56. The van der Waals surface area contributed by atoms with E-state index in [1.54, 1.807) is 30.6 Å². The van der Waals surface area contributed by atoms with E-state index < -0.39 is 5.97 Å². The van der Waals surface area contributed by atoms with Crippen molar-refractivity contribution in [3.63, 3.8) is 0 Å². The number of carbonyl (C=O) groups is 1. The molecule has 4 rings (SSSR count). The smallest absolute Gasteiger partial charge is 0.550 e. The molecular weight excluding hydrogens is 337 g/mol. The molecule has 0 aliphatic heterocycles. The van der Waals surface area contributed by atoms with E-state index in [9.17, 15) is 9.90 Å². The molecule has 3 heterocycles. The number of carboxylic acids is 1. The molecule has 0 radical (unpaired) electrons. The minimum Gasteiger partial charge on any atom is -0.550 e. The molecule has 1 aromatic carbocycles. The van der Waals surface area contributed by atoms with E-state index in [0.717, 1.165) is 11.2 Å². The predicted molar refractivity (Wildman–Crippen MR) is 95.2 cm³/mol. The van der Waals surface area contributed by atoms with Crippen molar-refractivity contribution in [3.8, 4) is 17.1 Å². The van der Waals surface area contributed by atoms with Crippen LogP contribution in [0.25, 0.3) is 28.2 Å². The molecule has 3 aromatic heterocycles. The summed E-state index contributed by atoms with van der Waals surface area (Å²) in [4.78, 5) is 24.0. The Labute approximate surface area is 167 Å². The number of aliphatic carboxylic acids is 1. The Morgan fingerprint density at radius 3 is 2.44 bits per heavy atom. The van der Waals surface area contributed by atoms with Crippen LogP contribution in [0.4, 0.5) is 5.82 Å². The number of carboxylic acid groups (broad SMARTS) is 1. The summed E-state index contributed by atoms with van der Waals surface area (Å²) in [5.74, 6) is -0.120. The maximum absolute atomic E-state index is 10.8. The average Bonchev–Trinajstić information content (AvgIpc) is 3.01. The Morgan fingerprint density at radius 2 is 1.74 bits per heavy atom. The molecule has 0 atom stereocenters. The average molecular weight is 351 g/mol. The predicted octanol–water partition coefficient (Wildman–Crippen LogP) is -1.64. The Morgan fingerprint density at radius 1 is 1.04 bits per heavy atom. The quantitative estimate of drug-likeness (QED) is 0.442. The topological polar surface area (TPSA) is 110 Å². The Kier molecular flexibility index (Phi) is 5.26. The van der Waals surface area contributed by atoms with E-state index in [-0.39, 0.29) is 25.3 Å². The van der Waals surface area contributed by atoms with E-state index in [1.807, 2.05) is 34.9 Å². The molecule has 2 N–H and O–H groups in total. The van der Waals surface area contributed by atoms with Crippen molar-refractivity contribution in [1.82, 2.24) is 19.5 Å². The second kappa shape index (κ2) is 7.62. The first-order chi connectivity index (χ1) is 12.6. The summed E-state index contributed by atoms with van der Waals surface area (Å²) in [6.45, 7) is 0. The normalized spacial score (nSPS) is 10.5. The summed E-state index contributed by atoms with van der Waals surface area (Å²) in [7, 11) is 0. The number of benzene rings is 1. The fourth-order valence-corrected chi connectivity index (χ4v) is 2.87. The molecule has 7 nitrogen and oxygen atoms in total. The number of nitrogens with two attached hydrogens (primary N) is 1. The Hall–Kier alpha value is -3.14. The summed E-state index contributed by atoms with van der Waals surface area (Å²) in [5.41, 5.74) is 9.61. The zero-order valence-electron chi connectivity index (χ0n) is 14.7. The van der Waals surface area contributed by atoms with E-state index in [1.165, 1.54) is 0 Å². The number of carbonyl (C=O) groups excluding carboxylic acids is 1. The Balaban J connectivity index is 0.00000210. The van der Waals surface area contributed by atoms with Crippen molar-refractivity contribution in [2.45, 2.75) is 6.42 Å². The number of anilines is 1. The molecule has 4 aromatic rings. The van der Waals surface area contributed by atoms with Crippen LogP contribution in [0.3, 0.4) is 0 Å². The van der Waals surface area contributed by atoms with Crippen molar-refractivity contribution in [2.24, 2.45) is 0 Å². The first-order valence-corrected chi connectivity index (χ1v) is 7.97. The van der Waals surface area contributed by atoms with Crippen LogP contribution in [0.1, 0.15) is 5.56 Å². The van der Waals surface area contributed by atoms with Gasteiger partial charge >= 0.3 is 18.9 Å². The van der Waals surface area contributed by atoms with Crippen molar-refractivity contribution < 1.29 is 28.8 Å². The summed E-state index contributed by atoms with van der Waals surface area (Å²) in [6, 6.07) is 14.5. The first-order valence-electron chi connectivity index (χ1n) is 7.97. The van der Waals surface area contributed by atoms with Gasteiger partial charge in [0, 0.05) is 30.5 Å². The van der Waals surface area contributed by atoms with Gasteiger partial charge in [0.2, 0.25) is 0 Å². The minimum absolute atomic E-state index is 0. The van der Waals surface area contributed by atoms with Crippen molar-refractivity contribution in [3.05, 3.63) is 66.5 Å². The zero-order chi connectivity index (χ0) is 18.1. The maximum atomic E-state index is 10.8. The number of rotatable bonds is 4. The van der Waals surface area contributed by atoms with Gasteiger partial charge in [0.15, 0.2) is 11.5 Å². The summed E-state index contributed by atoms with van der Waals surface area (Å²) in [6.07, 6.45) is 3.19. The van der Waals surface area contributed by atoms with Crippen LogP contribution in [0.15, 0.2) is 60.9 Å². The fourth-order valence-electron chi connectivity index (χ4n) is 2.87. The van der Waals surface area contributed by atoms with Gasteiger partial charge in [-0.15, -0.1) is 0 Å². The monoisotopic (exact) mass is 351 g/mol. The zero-order valence-corrected chi connectivity index (χ0v) is 14.7. The third-order valence-electron chi connectivity index (χ3n) is 4.04. The van der Waals surface area contributed by atoms with E-state index >= 15 is 0 Å². The molecule has 0 fully saturated rings. The number of nitrogens with zero attached hydrogens (tertiary/aromatic N) is 4. The van der Waals surface area contributed by atoms with E-state index in [0.29, 0.717) is 28.4 Å². The van der Waals surface area contributed by atoms with Gasteiger partial charge in [-0.05, 0) is 42.0 Å². The molecule has 27 heavy (non-hydrogen) atoms. The number of hydrogen-bond acceptors (Lipinski definition) is 6. The molecule has 0 saturated carbocycles. The van der Waals surface area contributed by atoms with Crippen LogP contribution >= 0.6 is 0 Å². The second-order valence-electron chi connectivity index (χ2n) is 5.77. The van der Waals surface area contributed by atoms with Gasteiger partial charge in [-0.25, -0.2) is 15.0 Å². The molecule has 0 amide bonds. The fraction of sp³-hybridized carbons (Fsp3) is 0.0526. The standard InChI is InChI=1S/C19H15N5O2.Li/c20-17-14(3-1-9-21-17)18-23-15-4-2-10-22-19(15)24(18)13-7-5-12(6-8-13)11-16(25)26;/h1-10H,11H2,(H2,20,21)(H,25,26);/q;+1/p-1. The summed E-state index contributed by atoms with van der Waals surface area (Å²) >= 11 is 0. The van der Waals surface area contributed by atoms with Gasteiger partial charge in [0.1, 0.15) is 11.3 Å². The Bertz CT molecular complexity index is 1110. The minimum atomic E-state index is -1.11. The molecule has 0 saturated heterocycles. The summed E-state index contributed by atoms with van der Waals surface area (Å²) < 4.78 is 1.88. The van der Waals surface area contributed by atoms with Gasteiger partial charge in [-0.1, -0.05) is 12.1 Å². The van der Waals surface area contributed by atoms with Crippen LogP contribution in [0.2, 0.25) is 0 Å². The van der Waals surface area contributed by atoms with Crippen molar-refractivity contribution >= 4 is 23.0 Å². The SMILES string of the molecule is Nc1ncccc1-c1nc2cccnc2n1-c1ccc(CC(=O)[O-])cc1.[Li+]. The van der Waals surface area contributed by atoms with Crippen molar-refractivity contribution in [2.75, 3.05) is 5.73 Å². The van der Waals surface area contributed by atoms with Gasteiger partial charge < -0.3 is 15.6 Å². The number of fused-ring (bicyclic) bond motifs is 1. The van der Waals surface area contributed by atoms with Gasteiger partial charge in [-0.3, -0.25) is 4.57 Å². The molecule has 128 valence electrons. The first kappa shape index (κ1) is 18.6. The largest absolute Gasteiger partial charge is 1.00 e. The van der Waals surface area contributed by atoms with Gasteiger partial charge in [-0.2, -0.15) is 0 Å². The number of aromatic nitrogens is 4.